The van der Waals surface area contributed by atoms with Crippen LogP contribution in [0, 0.1) is 0 Å². The van der Waals surface area contributed by atoms with Gasteiger partial charge in [0.2, 0.25) is 11.8 Å². The second kappa shape index (κ2) is 6.80. The Morgan fingerprint density at radius 1 is 1.43 bits per heavy atom. The van der Waals surface area contributed by atoms with E-state index in [1.165, 1.54) is 18.9 Å². The molecule has 1 saturated carbocycles. The lowest BCUT2D eigenvalue weighted by Gasteiger charge is -2.21. The highest BCUT2D eigenvalue weighted by atomic mass is 35.5. The second-order valence-corrected chi connectivity index (χ2v) is 5.49. The summed E-state index contributed by atoms with van der Waals surface area (Å²) in [6.45, 7) is 1.80. The smallest absolute Gasteiger partial charge is 0.223 e. The highest BCUT2D eigenvalue weighted by Gasteiger charge is 2.23. The van der Waals surface area contributed by atoms with Crippen LogP contribution >= 0.6 is 11.6 Å². The van der Waals surface area contributed by atoms with Crippen LogP contribution in [0.3, 0.4) is 0 Å². The normalized spacial score (nSPS) is 13.7. The number of hydrogen-bond donors (Lipinski definition) is 1. The lowest BCUT2D eigenvalue weighted by Crippen LogP contribution is -2.34. The zero-order valence-corrected chi connectivity index (χ0v) is 12.9. The van der Waals surface area contributed by atoms with Crippen molar-refractivity contribution in [1.82, 2.24) is 5.32 Å². The molecule has 1 N–H and O–H groups in total. The number of methoxy groups -OCH3 is 1. The molecule has 6 heteroatoms. The lowest BCUT2D eigenvalue weighted by molar-refractivity contribution is -0.121. The molecule has 1 aromatic carbocycles. The van der Waals surface area contributed by atoms with E-state index in [1.807, 2.05) is 0 Å². The number of anilines is 1. The van der Waals surface area contributed by atoms with Gasteiger partial charge in [0.15, 0.2) is 0 Å². The predicted octanol–water partition coefficient (Wildman–Crippen LogP) is 2.37. The molecule has 5 nitrogen and oxygen atoms in total. The van der Waals surface area contributed by atoms with Crippen LogP contribution in [0.5, 0.6) is 5.75 Å². The third kappa shape index (κ3) is 4.36. The zero-order chi connectivity index (χ0) is 15.4. The molecule has 0 atom stereocenters. The Kier molecular flexibility index (Phi) is 5.07. The van der Waals surface area contributed by atoms with E-state index < -0.39 is 0 Å². The van der Waals surface area contributed by atoms with E-state index in [9.17, 15) is 9.59 Å². The first kappa shape index (κ1) is 15.6. The summed E-state index contributed by atoms with van der Waals surface area (Å²) in [7, 11) is 1.53. The van der Waals surface area contributed by atoms with E-state index in [0.29, 0.717) is 29.0 Å². The summed E-state index contributed by atoms with van der Waals surface area (Å²) in [5.74, 6) is 0.397. The fourth-order valence-electron chi connectivity index (χ4n) is 2.03. The molecule has 0 aliphatic heterocycles. The van der Waals surface area contributed by atoms with Gasteiger partial charge in [0.25, 0.3) is 0 Å². The average molecular weight is 311 g/mol. The second-order valence-electron chi connectivity index (χ2n) is 5.08. The number of hydrogen-bond acceptors (Lipinski definition) is 3. The number of amides is 2. The molecule has 0 radical (unpaired) electrons. The Hall–Kier alpha value is -1.75. The van der Waals surface area contributed by atoms with Crippen LogP contribution in [0.15, 0.2) is 18.2 Å². The summed E-state index contributed by atoms with van der Waals surface area (Å²) in [6, 6.07) is 5.46. The fraction of sp³-hybridized carbons (Fsp3) is 0.467. The fourth-order valence-corrected chi connectivity index (χ4v) is 2.28. The summed E-state index contributed by atoms with van der Waals surface area (Å²) in [5, 5.41) is 3.34. The van der Waals surface area contributed by atoms with Crippen molar-refractivity contribution in [3.05, 3.63) is 23.2 Å². The molecule has 1 fully saturated rings. The van der Waals surface area contributed by atoms with Gasteiger partial charge in [-0.1, -0.05) is 11.6 Å². The standard InChI is InChI=1S/C15H19ClN2O3/c1-10(19)18(8-7-15(20)17-11-3-4-11)12-5-6-14(21-2)13(16)9-12/h5-6,9,11H,3-4,7-8H2,1-2H3,(H,17,20). The number of halogens is 1. The largest absolute Gasteiger partial charge is 0.495 e. The Bertz CT molecular complexity index is 544. The van der Waals surface area contributed by atoms with Crippen LogP contribution < -0.4 is 15.0 Å². The van der Waals surface area contributed by atoms with Gasteiger partial charge in [-0.15, -0.1) is 0 Å². The van der Waals surface area contributed by atoms with E-state index in [2.05, 4.69) is 5.32 Å². The van der Waals surface area contributed by atoms with E-state index in [4.69, 9.17) is 16.3 Å². The van der Waals surface area contributed by atoms with Crippen LogP contribution in [0.4, 0.5) is 5.69 Å². The summed E-state index contributed by atoms with van der Waals surface area (Å²) in [6.07, 6.45) is 2.38. The predicted molar refractivity (Wildman–Crippen MR) is 81.8 cm³/mol. The van der Waals surface area contributed by atoms with Gasteiger partial charge in [-0.05, 0) is 31.0 Å². The van der Waals surface area contributed by atoms with Gasteiger partial charge in [-0.25, -0.2) is 0 Å². The van der Waals surface area contributed by atoms with E-state index in [1.54, 1.807) is 18.2 Å². The monoisotopic (exact) mass is 310 g/mol. The molecule has 0 saturated heterocycles. The summed E-state index contributed by atoms with van der Waals surface area (Å²) in [4.78, 5) is 25.0. The maximum absolute atomic E-state index is 11.8. The van der Waals surface area contributed by atoms with Gasteiger partial charge in [0.1, 0.15) is 5.75 Å². The number of nitrogens with zero attached hydrogens (tertiary/aromatic N) is 1. The Morgan fingerprint density at radius 3 is 2.67 bits per heavy atom. The Balaban J connectivity index is 2.02. The highest BCUT2D eigenvalue weighted by Crippen LogP contribution is 2.29. The summed E-state index contributed by atoms with van der Waals surface area (Å²) >= 11 is 6.08. The SMILES string of the molecule is COc1ccc(N(CCC(=O)NC2CC2)C(C)=O)cc1Cl. The molecule has 1 aliphatic rings. The van der Waals surface area contributed by atoms with Crippen LogP contribution in [-0.4, -0.2) is 31.5 Å². The number of benzene rings is 1. The lowest BCUT2D eigenvalue weighted by atomic mass is 10.2. The van der Waals surface area contributed by atoms with Crippen molar-refractivity contribution in [1.29, 1.82) is 0 Å². The van der Waals surface area contributed by atoms with Gasteiger partial charge in [-0.3, -0.25) is 9.59 Å². The van der Waals surface area contributed by atoms with Crippen LogP contribution in [0.1, 0.15) is 26.2 Å². The number of nitrogens with one attached hydrogen (secondary N) is 1. The van der Waals surface area contributed by atoms with Crippen molar-refractivity contribution >= 4 is 29.1 Å². The molecule has 1 aromatic rings. The number of carbonyl (C=O) groups excluding carboxylic acids is 2. The van der Waals surface area contributed by atoms with Crippen molar-refractivity contribution in [2.75, 3.05) is 18.6 Å². The Labute approximate surface area is 129 Å². The van der Waals surface area contributed by atoms with Gasteiger partial charge >= 0.3 is 0 Å². The number of rotatable bonds is 6. The third-order valence-electron chi connectivity index (χ3n) is 3.33. The van der Waals surface area contributed by atoms with Crippen LogP contribution in [0.2, 0.25) is 5.02 Å². The van der Waals surface area contributed by atoms with Crippen molar-refractivity contribution < 1.29 is 14.3 Å². The molecule has 0 heterocycles. The first-order chi connectivity index (χ1) is 10.0. The topological polar surface area (TPSA) is 58.6 Å². The number of ether oxygens (including phenoxy) is 1. The molecular weight excluding hydrogens is 292 g/mol. The molecule has 0 aromatic heterocycles. The summed E-state index contributed by atoms with van der Waals surface area (Å²) < 4.78 is 5.09. The van der Waals surface area contributed by atoms with E-state index >= 15 is 0 Å². The molecule has 2 rings (SSSR count). The van der Waals surface area contributed by atoms with E-state index in [0.717, 1.165) is 12.8 Å². The van der Waals surface area contributed by atoms with Gasteiger partial charge in [-0.2, -0.15) is 0 Å². The van der Waals surface area contributed by atoms with Gasteiger partial charge in [0.05, 0.1) is 12.1 Å². The maximum atomic E-state index is 11.8. The number of carbonyl (C=O) groups is 2. The molecule has 0 spiro atoms. The minimum absolute atomic E-state index is 0.0247. The minimum atomic E-state index is -0.129. The first-order valence-electron chi connectivity index (χ1n) is 6.92. The van der Waals surface area contributed by atoms with Crippen LogP contribution in [0.25, 0.3) is 0 Å². The van der Waals surface area contributed by atoms with Crippen molar-refractivity contribution in [2.45, 2.75) is 32.2 Å². The van der Waals surface area contributed by atoms with Gasteiger partial charge in [0, 0.05) is 31.6 Å². The molecule has 2 amide bonds. The van der Waals surface area contributed by atoms with Gasteiger partial charge < -0.3 is 15.0 Å². The molecule has 21 heavy (non-hydrogen) atoms. The molecule has 0 bridgehead atoms. The highest BCUT2D eigenvalue weighted by molar-refractivity contribution is 6.32. The van der Waals surface area contributed by atoms with Crippen molar-refractivity contribution in [3.8, 4) is 5.75 Å². The minimum Gasteiger partial charge on any atom is -0.495 e. The first-order valence-corrected chi connectivity index (χ1v) is 7.30. The molecule has 114 valence electrons. The average Bonchev–Trinajstić information content (AvgIpc) is 3.22. The Morgan fingerprint density at radius 2 is 2.14 bits per heavy atom. The van der Waals surface area contributed by atoms with E-state index in [-0.39, 0.29) is 18.2 Å². The summed E-state index contributed by atoms with van der Waals surface area (Å²) in [5.41, 5.74) is 0.660. The van der Waals surface area contributed by atoms with Crippen molar-refractivity contribution in [2.24, 2.45) is 0 Å². The molecular formula is C15H19ClN2O3. The maximum Gasteiger partial charge on any atom is 0.223 e. The quantitative estimate of drug-likeness (QED) is 0.877. The zero-order valence-electron chi connectivity index (χ0n) is 12.2. The molecule has 0 unspecified atom stereocenters. The third-order valence-corrected chi connectivity index (χ3v) is 3.63. The van der Waals surface area contributed by atoms with Crippen molar-refractivity contribution in [3.63, 3.8) is 0 Å². The molecule has 1 aliphatic carbocycles. The van der Waals surface area contributed by atoms with Crippen LogP contribution in [-0.2, 0) is 9.59 Å².